The summed E-state index contributed by atoms with van der Waals surface area (Å²) in [5, 5.41) is 3.37. The molecule has 0 aromatic heterocycles. The second kappa shape index (κ2) is 6.05. The fraction of sp³-hybridized carbons (Fsp3) is 0.933. The molecule has 3 heteroatoms. The van der Waals surface area contributed by atoms with Crippen LogP contribution >= 0.6 is 0 Å². The molecule has 1 saturated heterocycles. The van der Waals surface area contributed by atoms with E-state index in [1.165, 1.54) is 0 Å². The van der Waals surface area contributed by atoms with Gasteiger partial charge in [0.15, 0.2) is 0 Å². The van der Waals surface area contributed by atoms with E-state index in [0.29, 0.717) is 35.7 Å². The lowest BCUT2D eigenvalue weighted by Gasteiger charge is -2.40. The Bertz CT molecular complexity index is 273. The lowest BCUT2D eigenvalue weighted by atomic mass is 9.84. The predicted molar refractivity (Wildman–Crippen MR) is 76.5 cm³/mol. The Morgan fingerprint density at radius 1 is 1.28 bits per heavy atom. The quantitative estimate of drug-likeness (QED) is 0.840. The molecule has 1 fully saturated rings. The Balaban J connectivity index is 2.53. The predicted octanol–water partition coefficient (Wildman–Crippen LogP) is 2.66. The van der Waals surface area contributed by atoms with Crippen molar-refractivity contribution in [2.45, 2.75) is 66.5 Å². The van der Waals surface area contributed by atoms with E-state index >= 15 is 0 Å². The third-order valence-corrected chi connectivity index (χ3v) is 3.60. The van der Waals surface area contributed by atoms with Crippen molar-refractivity contribution in [3.8, 4) is 0 Å². The first-order valence-electron chi connectivity index (χ1n) is 7.22. The van der Waals surface area contributed by atoms with E-state index in [1.807, 2.05) is 0 Å². The van der Waals surface area contributed by atoms with E-state index in [-0.39, 0.29) is 0 Å². The van der Waals surface area contributed by atoms with Crippen molar-refractivity contribution in [1.82, 2.24) is 10.2 Å². The van der Waals surface area contributed by atoms with Crippen LogP contribution in [0, 0.1) is 11.3 Å². The van der Waals surface area contributed by atoms with Gasteiger partial charge in [0.05, 0.1) is 0 Å². The zero-order valence-electron chi connectivity index (χ0n) is 12.9. The van der Waals surface area contributed by atoms with Crippen LogP contribution in [0.4, 0.5) is 0 Å². The molecule has 1 rings (SSSR count). The smallest absolute Gasteiger partial charge is 0.223 e. The van der Waals surface area contributed by atoms with Gasteiger partial charge in [0, 0.05) is 31.6 Å². The van der Waals surface area contributed by atoms with E-state index in [0.717, 1.165) is 19.5 Å². The van der Waals surface area contributed by atoms with Crippen LogP contribution in [0.2, 0.25) is 0 Å². The molecule has 0 aliphatic carbocycles. The summed E-state index contributed by atoms with van der Waals surface area (Å²) in [6.45, 7) is 15.0. The molecule has 0 aromatic rings. The summed E-state index contributed by atoms with van der Waals surface area (Å²) in [5.41, 5.74) is 0.306. The molecule has 106 valence electrons. The molecule has 1 heterocycles. The average Bonchev–Trinajstić information content (AvgIpc) is 2.13. The lowest BCUT2D eigenvalue weighted by Crippen LogP contribution is -2.57. The van der Waals surface area contributed by atoms with Gasteiger partial charge in [-0.05, 0) is 31.6 Å². The van der Waals surface area contributed by atoms with Crippen molar-refractivity contribution in [3.05, 3.63) is 0 Å². The maximum atomic E-state index is 12.4. The fourth-order valence-corrected chi connectivity index (χ4v) is 3.14. The molecule has 3 nitrogen and oxygen atoms in total. The molecule has 0 spiro atoms. The van der Waals surface area contributed by atoms with Gasteiger partial charge >= 0.3 is 0 Å². The van der Waals surface area contributed by atoms with E-state index in [4.69, 9.17) is 0 Å². The maximum Gasteiger partial charge on any atom is 0.223 e. The summed E-state index contributed by atoms with van der Waals surface area (Å²) in [7, 11) is 0. The average molecular weight is 254 g/mol. The van der Waals surface area contributed by atoms with E-state index < -0.39 is 0 Å². The van der Waals surface area contributed by atoms with Crippen LogP contribution in [0.25, 0.3) is 0 Å². The number of nitrogens with one attached hydrogen (secondary N) is 1. The molecule has 1 N–H and O–H groups in total. The molecule has 1 aliphatic rings. The zero-order chi connectivity index (χ0) is 13.9. The SMILES string of the molecule is CC(CC(=O)N1C(C)CNCC1C)CC(C)(C)C. The molecule has 0 aromatic carbocycles. The monoisotopic (exact) mass is 254 g/mol. The first-order valence-corrected chi connectivity index (χ1v) is 7.22. The zero-order valence-corrected chi connectivity index (χ0v) is 12.9. The van der Waals surface area contributed by atoms with Crippen LogP contribution in [0.15, 0.2) is 0 Å². The van der Waals surface area contributed by atoms with Gasteiger partial charge in [0.25, 0.3) is 0 Å². The molecule has 18 heavy (non-hydrogen) atoms. The van der Waals surface area contributed by atoms with Gasteiger partial charge in [0.1, 0.15) is 0 Å². The van der Waals surface area contributed by atoms with Gasteiger partial charge in [-0.15, -0.1) is 0 Å². The highest BCUT2D eigenvalue weighted by Crippen LogP contribution is 2.27. The van der Waals surface area contributed by atoms with Crippen molar-refractivity contribution >= 4 is 5.91 Å². The largest absolute Gasteiger partial charge is 0.335 e. The number of carbonyl (C=O) groups is 1. The van der Waals surface area contributed by atoms with Crippen molar-refractivity contribution in [3.63, 3.8) is 0 Å². The van der Waals surface area contributed by atoms with Crippen LogP contribution in [0.5, 0.6) is 0 Å². The van der Waals surface area contributed by atoms with Crippen molar-refractivity contribution in [1.29, 1.82) is 0 Å². The fourth-order valence-electron chi connectivity index (χ4n) is 3.14. The molecule has 1 amide bonds. The Hall–Kier alpha value is -0.570. The number of rotatable bonds is 3. The number of amides is 1. The summed E-state index contributed by atoms with van der Waals surface area (Å²) in [6, 6.07) is 0.645. The van der Waals surface area contributed by atoms with Crippen molar-refractivity contribution in [2.24, 2.45) is 11.3 Å². The third kappa shape index (κ3) is 4.60. The Morgan fingerprint density at radius 3 is 2.22 bits per heavy atom. The first-order chi connectivity index (χ1) is 8.20. The molecule has 1 aliphatic heterocycles. The van der Waals surface area contributed by atoms with E-state index in [9.17, 15) is 4.79 Å². The van der Waals surface area contributed by atoms with Crippen LogP contribution in [0.1, 0.15) is 54.4 Å². The topological polar surface area (TPSA) is 32.3 Å². The van der Waals surface area contributed by atoms with E-state index in [2.05, 4.69) is 51.8 Å². The highest BCUT2D eigenvalue weighted by atomic mass is 16.2. The third-order valence-electron chi connectivity index (χ3n) is 3.60. The van der Waals surface area contributed by atoms with E-state index in [1.54, 1.807) is 0 Å². The normalized spacial score (nSPS) is 27.1. The molecule has 0 bridgehead atoms. The standard InChI is InChI=1S/C15H30N2O/c1-11(8-15(4,5)6)7-14(18)17-12(2)9-16-10-13(17)3/h11-13,16H,7-10H2,1-6H3. The van der Waals surface area contributed by atoms with Crippen LogP contribution < -0.4 is 5.32 Å². The van der Waals surface area contributed by atoms with Gasteiger partial charge in [-0.25, -0.2) is 0 Å². The number of nitrogens with zero attached hydrogens (tertiary/aromatic N) is 1. The number of hydrogen-bond donors (Lipinski definition) is 1. The molecule has 3 atom stereocenters. The maximum absolute atomic E-state index is 12.4. The highest BCUT2D eigenvalue weighted by molar-refractivity contribution is 5.77. The second-order valence-corrected chi connectivity index (χ2v) is 7.23. The Kier molecular flexibility index (Phi) is 5.20. The van der Waals surface area contributed by atoms with Crippen LogP contribution in [-0.4, -0.2) is 36.0 Å². The molecule has 0 radical (unpaired) electrons. The van der Waals surface area contributed by atoms with Crippen LogP contribution in [0.3, 0.4) is 0 Å². The molecule has 3 unspecified atom stereocenters. The van der Waals surface area contributed by atoms with Gasteiger partial charge in [-0.1, -0.05) is 27.7 Å². The summed E-state index contributed by atoms with van der Waals surface area (Å²) >= 11 is 0. The number of hydrogen-bond acceptors (Lipinski definition) is 2. The minimum atomic E-state index is 0.306. The summed E-state index contributed by atoms with van der Waals surface area (Å²) in [4.78, 5) is 14.5. The summed E-state index contributed by atoms with van der Waals surface area (Å²) in [6.07, 6.45) is 1.79. The molecule has 0 saturated carbocycles. The molecular formula is C15H30N2O. The van der Waals surface area contributed by atoms with Gasteiger partial charge in [-0.2, -0.15) is 0 Å². The van der Waals surface area contributed by atoms with Gasteiger partial charge < -0.3 is 10.2 Å². The first kappa shape index (κ1) is 15.5. The summed E-state index contributed by atoms with van der Waals surface area (Å²) in [5.74, 6) is 0.792. The molecular weight excluding hydrogens is 224 g/mol. The Morgan fingerprint density at radius 2 is 1.78 bits per heavy atom. The lowest BCUT2D eigenvalue weighted by molar-refractivity contribution is -0.137. The summed E-state index contributed by atoms with van der Waals surface area (Å²) < 4.78 is 0. The number of piperazine rings is 1. The van der Waals surface area contributed by atoms with Crippen LogP contribution in [-0.2, 0) is 4.79 Å². The number of carbonyl (C=O) groups excluding carboxylic acids is 1. The Labute approximate surface area is 112 Å². The van der Waals surface area contributed by atoms with Crippen molar-refractivity contribution in [2.75, 3.05) is 13.1 Å². The minimum absolute atomic E-state index is 0.306. The van der Waals surface area contributed by atoms with Crippen molar-refractivity contribution < 1.29 is 4.79 Å². The minimum Gasteiger partial charge on any atom is -0.335 e. The second-order valence-electron chi connectivity index (χ2n) is 7.23. The highest BCUT2D eigenvalue weighted by Gasteiger charge is 2.29. The van der Waals surface area contributed by atoms with Gasteiger partial charge in [-0.3, -0.25) is 4.79 Å². The van der Waals surface area contributed by atoms with Gasteiger partial charge in [0.2, 0.25) is 5.91 Å².